The molecule has 0 radical (unpaired) electrons. The number of benzene rings is 2. The van der Waals surface area contributed by atoms with Crippen LogP contribution in [-0.4, -0.2) is 25.0 Å². The maximum Gasteiger partial charge on any atom is 0.210 e. The summed E-state index contributed by atoms with van der Waals surface area (Å²) in [5.74, 6) is 0.821. The Bertz CT molecular complexity index is 698. The van der Waals surface area contributed by atoms with Crippen molar-refractivity contribution in [2.24, 2.45) is 0 Å². The molecule has 2 aromatic carbocycles. The van der Waals surface area contributed by atoms with E-state index in [1.54, 1.807) is 18.1 Å². The molecule has 1 heterocycles. The van der Waals surface area contributed by atoms with Crippen LogP contribution < -0.4 is 4.74 Å². The molecular formula is C17H15Cl2NO2. The molecule has 0 spiro atoms. The second-order valence-corrected chi connectivity index (χ2v) is 6.14. The van der Waals surface area contributed by atoms with Crippen LogP contribution in [0.5, 0.6) is 5.75 Å². The minimum atomic E-state index is -0.177. The first-order chi connectivity index (χ1) is 10.6. The van der Waals surface area contributed by atoms with E-state index in [0.29, 0.717) is 16.6 Å². The molecule has 22 heavy (non-hydrogen) atoms. The van der Waals surface area contributed by atoms with Crippen LogP contribution >= 0.6 is 23.2 Å². The van der Waals surface area contributed by atoms with E-state index in [9.17, 15) is 4.79 Å². The minimum Gasteiger partial charge on any atom is -0.497 e. The van der Waals surface area contributed by atoms with Crippen LogP contribution in [0.1, 0.15) is 22.7 Å². The zero-order valence-electron chi connectivity index (χ0n) is 12.1. The van der Waals surface area contributed by atoms with Crippen LogP contribution in [0.3, 0.4) is 0 Å². The van der Waals surface area contributed by atoms with Gasteiger partial charge in [-0.05, 0) is 53.4 Å². The normalized spacial score (nSPS) is 17.0. The number of halogens is 2. The summed E-state index contributed by atoms with van der Waals surface area (Å²) in [6, 6.07) is 11.2. The number of nitrogens with zero attached hydrogens (tertiary/aromatic N) is 1. The second-order valence-electron chi connectivity index (χ2n) is 5.26. The van der Waals surface area contributed by atoms with Crippen molar-refractivity contribution in [3.05, 3.63) is 63.1 Å². The summed E-state index contributed by atoms with van der Waals surface area (Å²) in [6.45, 7) is 0.651. The van der Waals surface area contributed by atoms with Gasteiger partial charge >= 0.3 is 0 Å². The molecule has 5 heteroatoms. The van der Waals surface area contributed by atoms with Crippen LogP contribution in [0.15, 0.2) is 36.4 Å². The number of ether oxygens (including phenoxy) is 1. The van der Waals surface area contributed by atoms with Gasteiger partial charge in [-0.25, -0.2) is 0 Å². The first kappa shape index (κ1) is 15.2. The zero-order valence-corrected chi connectivity index (χ0v) is 13.6. The second kappa shape index (κ2) is 6.19. The van der Waals surface area contributed by atoms with Gasteiger partial charge in [-0.1, -0.05) is 29.3 Å². The van der Waals surface area contributed by atoms with E-state index >= 15 is 0 Å². The molecule has 0 aromatic heterocycles. The molecule has 1 amide bonds. The van der Waals surface area contributed by atoms with Crippen LogP contribution in [0.25, 0.3) is 0 Å². The van der Waals surface area contributed by atoms with Gasteiger partial charge < -0.3 is 9.64 Å². The Kier molecular flexibility index (Phi) is 4.27. The van der Waals surface area contributed by atoms with Gasteiger partial charge in [-0.2, -0.15) is 0 Å². The lowest BCUT2D eigenvalue weighted by Crippen LogP contribution is -2.35. The van der Waals surface area contributed by atoms with Crippen LogP contribution in [0.4, 0.5) is 0 Å². The van der Waals surface area contributed by atoms with E-state index in [0.717, 1.165) is 29.7 Å². The molecule has 3 nitrogen and oxygen atoms in total. The molecule has 0 N–H and O–H groups in total. The van der Waals surface area contributed by atoms with Crippen molar-refractivity contribution in [1.82, 2.24) is 4.90 Å². The van der Waals surface area contributed by atoms with Gasteiger partial charge in [-0.15, -0.1) is 0 Å². The number of methoxy groups -OCH3 is 1. The summed E-state index contributed by atoms with van der Waals surface area (Å²) in [4.78, 5) is 13.3. The number of carbonyl (C=O) groups is 1. The largest absolute Gasteiger partial charge is 0.497 e. The van der Waals surface area contributed by atoms with E-state index in [1.165, 1.54) is 5.56 Å². The predicted octanol–water partition coefficient (Wildman–Crippen LogP) is 4.11. The van der Waals surface area contributed by atoms with Gasteiger partial charge in [0.25, 0.3) is 0 Å². The molecule has 1 aliphatic heterocycles. The smallest absolute Gasteiger partial charge is 0.210 e. The lowest BCUT2D eigenvalue weighted by molar-refractivity contribution is -0.119. The van der Waals surface area contributed by atoms with E-state index in [-0.39, 0.29) is 6.04 Å². The van der Waals surface area contributed by atoms with Crippen molar-refractivity contribution in [2.75, 3.05) is 13.7 Å². The number of hydrogen-bond donors (Lipinski definition) is 0. The first-order valence-corrected chi connectivity index (χ1v) is 7.72. The fraction of sp³-hybridized carbons (Fsp3) is 0.235. The standard InChI is InChI=1S/C17H15Cl2NO2/c1-22-15-2-3-16-11(8-15)4-5-20(10-21)17(16)12-6-13(18)9-14(19)7-12/h2-3,6-10,17H,4-5H2,1H3. The summed E-state index contributed by atoms with van der Waals surface area (Å²) < 4.78 is 5.29. The number of rotatable bonds is 3. The fourth-order valence-electron chi connectivity index (χ4n) is 2.97. The van der Waals surface area contributed by atoms with Crippen molar-refractivity contribution < 1.29 is 9.53 Å². The number of hydrogen-bond acceptors (Lipinski definition) is 2. The highest BCUT2D eigenvalue weighted by molar-refractivity contribution is 6.34. The Morgan fingerprint density at radius 1 is 1.18 bits per heavy atom. The van der Waals surface area contributed by atoms with E-state index in [2.05, 4.69) is 0 Å². The number of amides is 1. The van der Waals surface area contributed by atoms with Gasteiger partial charge in [0.2, 0.25) is 6.41 Å². The van der Waals surface area contributed by atoms with E-state index in [4.69, 9.17) is 27.9 Å². The predicted molar refractivity (Wildman–Crippen MR) is 87.8 cm³/mol. The maximum absolute atomic E-state index is 11.5. The summed E-state index contributed by atoms with van der Waals surface area (Å²) >= 11 is 12.2. The minimum absolute atomic E-state index is 0.177. The Morgan fingerprint density at radius 2 is 1.91 bits per heavy atom. The molecule has 3 rings (SSSR count). The molecular weight excluding hydrogens is 321 g/mol. The molecule has 1 aliphatic rings. The molecule has 0 saturated heterocycles. The van der Waals surface area contributed by atoms with Crippen molar-refractivity contribution in [2.45, 2.75) is 12.5 Å². The quantitative estimate of drug-likeness (QED) is 0.790. The van der Waals surface area contributed by atoms with Gasteiger partial charge in [0.1, 0.15) is 5.75 Å². The molecule has 1 atom stereocenters. The maximum atomic E-state index is 11.5. The Balaban J connectivity index is 2.13. The summed E-state index contributed by atoms with van der Waals surface area (Å²) in [6.07, 6.45) is 1.68. The Hall–Kier alpha value is -1.71. The molecule has 0 saturated carbocycles. The number of carbonyl (C=O) groups excluding carboxylic acids is 1. The Morgan fingerprint density at radius 3 is 2.55 bits per heavy atom. The summed E-state index contributed by atoms with van der Waals surface area (Å²) in [5, 5.41) is 1.13. The van der Waals surface area contributed by atoms with Gasteiger partial charge in [-0.3, -0.25) is 4.79 Å². The highest BCUT2D eigenvalue weighted by Crippen LogP contribution is 2.37. The van der Waals surface area contributed by atoms with Crippen LogP contribution in [0, 0.1) is 0 Å². The highest BCUT2D eigenvalue weighted by Gasteiger charge is 2.28. The summed E-state index contributed by atoms with van der Waals surface area (Å²) in [5.41, 5.74) is 3.17. The third-order valence-electron chi connectivity index (χ3n) is 3.95. The van der Waals surface area contributed by atoms with E-state index < -0.39 is 0 Å². The van der Waals surface area contributed by atoms with Crippen LogP contribution in [-0.2, 0) is 11.2 Å². The van der Waals surface area contributed by atoms with Crippen molar-refractivity contribution >= 4 is 29.6 Å². The topological polar surface area (TPSA) is 29.5 Å². The van der Waals surface area contributed by atoms with Crippen molar-refractivity contribution in [3.8, 4) is 5.75 Å². The average molecular weight is 336 g/mol. The van der Waals surface area contributed by atoms with Crippen molar-refractivity contribution in [1.29, 1.82) is 0 Å². The van der Waals surface area contributed by atoms with E-state index in [1.807, 2.05) is 30.3 Å². The molecule has 0 fully saturated rings. The van der Waals surface area contributed by atoms with Gasteiger partial charge in [0, 0.05) is 16.6 Å². The van der Waals surface area contributed by atoms with Crippen LogP contribution in [0.2, 0.25) is 10.0 Å². The molecule has 0 bridgehead atoms. The third-order valence-corrected chi connectivity index (χ3v) is 4.39. The molecule has 0 aliphatic carbocycles. The lowest BCUT2D eigenvalue weighted by atomic mass is 9.88. The molecule has 2 aromatic rings. The monoisotopic (exact) mass is 335 g/mol. The molecule has 114 valence electrons. The van der Waals surface area contributed by atoms with Gasteiger partial charge in [0.05, 0.1) is 13.2 Å². The first-order valence-electron chi connectivity index (χ1n) is 6.96. The summed E-state index contributed by atoms with van der Waals surface area (Å²) in [7, 11) is 1.65. The zero-order chi connectivity index (χ0) is 15.7. The number of fused-ring (bicyclic) bond motifs is 1. The van der Waals surface area contributed by atoms with Crippen molar-refractivity contribution in [3.63, 3.8) is 0 Å². The Labute approximate surface area is 139 Å². The van der Waals surface area contributed by atoms with Gasteiger partial charge in [0.15, 0.2) is 0 Å². The fourth-order valence-corrected chi connectivity index (χ4v) is 3.51. The third kappa shape index (κ3) is 2.79. The average Bonchev–Trinajstić information content (AvgIpc) is 2.52. The highest BCUT2D eigenvalue weighted by atomic mass is 35.5. The molecule has 1 unspecified atom stereocenters. The lowest BCUT2D eigenvalue weighted by Gasteiger charge is -2.35. The SMILES string of the molecule is COc1ccc2c(c1)CCN(C=O)C2c1cc(Cl)cc(Cl)c1.